The van der Waals surface area contributed by atoms with Crippen LogP contribution in [0.25, 0.3) is 0 Å². The van der Waals surface area contributed by atoms with Gasteiger partial charge in [-0.15, -0.1) is 0 Å². The number of aromatic nitrogens is 1. The molecule has 1 saturated heterocycles. The number of aromatic amines is 1. The van der Waals surface area contributed by atoms with Crippen LogP contribution < -0.4 is 5.56 Å². The summed E-state index contributed by atoms with van der Waals surface area (Å²) < 4.78 is 5.76. The zero-order chi connectivity index (χ0) is 16.2. The molecule has 1 unspecified atom stereocenters. The number of hydrogen-bond acceptors (Lipinski definition) is 3. The van der Waals surface area contributed by atoms with E-state index >= 15 is 0 Å². The summed E-state index contributed by atoms with van der Waals surface area (Å²) in [6.45, 7) is 1.55. The highest BCUT2D eigenvalue weighted by Crippen LogP contribution is 2.15. The van der Waals surface area contributed by atoms with E-state index in [1.165, 1.54) is 17.8 Å². The second-order valence-corrected chi connectivity index (χ2v) is 5.91. The Morgan fingerprint density at radius 1 is 1.35 bits per heavy atom. The van der Waals surface area contributed by atoms with Crippen molar-refractivity contribution in [3.8, 4) is 0 Å². The molecule has 0 saturated carbocycles. The van der Waals surface area contributed by atoms with Crippen LogP contribution in [0.15, 0.2) is 47.4 Å². The van der Waals surface area contributed by atoms with Crippen LogP contribution in [-0.2, 0) is 11.2 Å². The molecule has 3 rings (SSSR count). The fourth-order valence-corrected chi connectivity index (χ4v) is 2.84. The van der Waals surface area contributed by atoms with Crippen LogP contribution in [0.1, 0.15) is 15.9 Å². The van der Waals surface area contributed by atoms with E-state index in [1.807, 2.05) is 30.3 Å². The molecule has 1 amide bonds. The molecule has 1 N–H and O–H groups in total. The Hall–Kier alpha value is -2.11. The van der Waals surface area contributed by atoms with Crippen LogP contribution in [0.5, 0.6) is 0 Å². The highest BCUT2D eigenvalue weighted by Gasteiger charge is 2.25. The Bertz CT molecular complexity index is 745. The van der Waals surface area contributed by atoms with Gasteiger partial charge in [0.1, 0.15) is 5.02 Å². The zero-order valence-electron chi connectivity index (χ0n) is 12.5. The summed E-state index contributed by atoms with van der Waals surface area (Å²) in [6.07, 6.45) is 2.13. The van der Waals surface area contributed by atoms with Crippen molar-refractivity contribution in [1.29, 1.82) is 0 Å². The second-order valence-electron chi connectivity index (χ2n) is 5.50. The summed E-state index contributed by atoms with van der Waals surface area (Å²) in [4.78, 5) is 28.1. The molecular formula is C17H17ClN2O3. The first-order valence-electron chi connectivity index (χ1n) is 7.46. The number of halogens is 1. The van der Waals surface area contributed by atoms with Crippen molar-refractivity contribution in [3.05, 3.63) is 69.1 Å². The minimum atomic E-state index is -0.396. The van der Waals surface area contributed by atoms with Crippen LogP contribution in [0, 0.1) is 0 Å². The van der Waals surface area contributed by atoms with Gasteiger partial charge in [-0.2, -0.15) is 0 Å². The Morgan fingerprint density at radius 3 is 2.87 bits per heavy atom. The molecule has 0 radical (unpaired) electrons. The van der Waals surface area contributed by atoms with Crippen molar-refractivity contribution in [2.75, 3.05) is 19.7 Å². The van der Waals surface area contributed by atoms with E-state index in [0.717, 1.165) is 6.42 Å². The first-order chi connectivity index (χ1) is 11.1. The fraction of sp³-hybridized carbons (Fsp3) is 0.294. The monoisotopic (exact) mass is 332 g/mol. The molecule has 0 bridgehead atoms. The Balaban J connectivity index is 1.69. The van der Waals surface area contributed by atoms with Crippen LogP contribution in [0.3, 0.4) is 0 Å². The van der Waals surface area contributed by atoms with Crippen molar-refractivity contribution < 1.29 is 9.53 Å². The molecule has 1 aromatic carbocycles. The van der Waals surface area contributed by atoms with E-state index in [9.17, 15) is 9.59 Å². The third kappa shape index (κ3) is 3.81. The maximum Gasteiger partial charge on any atom is 0.266 e. The molecular weight excluding hydrogens is 316 g/mol. The van der Waals surface area contributed by atoms with Gasteiger partial charge in [0.25, 0.3) is 11.5 Å². The predicted molar refractivity (Wildman–Crippen MR) is 87.9 cm³/mol. The van der Waals surface area contributed by atoms with Gasteiger partial charge in [0, 0.05) is 25.7 Å². The van der Waals surface area contributed by atoms with Gasteiger partial charge in [-0.3, -0.25) is 9.59 Å². The van der Waals surface area contributed by atoms with Crippen LogP contribution in [0.4, 0.5) is 0 Å². The number of pyridine rings is 1. The van der Waals surface area contributed by atoms with E-state index in [4.69, 9.17) is 16.3 Å². The van der Waals surface area contributed by atoms with Crippen molar-refractivity contribution >= 4 is 17.5 Å². The van der Waals surface area contributed by atoms with Crippen molar-refractivity contribution in [1.82, 2.24) is 9.88 Å². The van der Waals surface area contributed by atoms with Crippen LogP contribution in [-0.4, -0.2) is 41.6 Å². The molecule has 5 nitrogen and oxygen atoms in total. The minimum Gasteiger partial charge on any atom is -0.374 e. The maximum atomic E-state index is 12.6. The average Bonchev–Trinajstić information content (AvgIpc) is 2.58. The van der Waals surface area contributed by atoms with E-state index in [1.54, 1.807) is 4.90 Å². The third-order valence-electron chi connectivity index (χ3n) is 3.84. The normalized spacial score (nSPS) is 18.0. The lowest BCUT2D eigenvalue weighted by atomic mass is 10.1. The number of H-pyrrole nitrogens is 1. The molecule has 0 spiro atoms. The first kappa shape index (κ1) is 15.8. The molecule has 1 aliphatic heterocycles. The number of nitrogens with zero attached hydrogens (tertiary/aromatic N) is 1. The standard InChI is InChI=1S/C17H17ClN2O3/c18-15-9-13(10-19-16(15)21)17(22)20-6-7-23-14(11-20)8-12-4-2-1-3-5-12/h1-5,9-10,14H,6-8,11H2,(H,19,21). The highest BCUT2D eigenvalue weighted by atomic mass is 35.5. The summed E-state index contributed by atoms with van der Waals surface area (Å²) >= 11 is 5.79. The molecule has 1 atom stereocenters. The van der Waals surface area contributed by atoms with E-state index in [2.05, 4.69) is 4.98 Å². The predicted octanol–water partition coefficient (Wildman–Crippen LogP) is 2.11. The maximum absolute atomic E-state index is 12.6. The molecule has 1 fully saturated rings. The van der Waals surface area contributed by atoms with Gasteiger partial charge in [-0.25, -0.2) is 0 Å². The number of carbonyl (C=O) groups excluding carboxylic acids is 1. The smallest absolute Gasteiger partial charge is 0.266 e. The Kier molecular flexibility index (Phi) is 4.79. The van der Waals surface area contributed by atoms with Crippen LogP contribution in [0.2, 0.25) is 5.02 Å². The SMILES string of the molecule is O=C(c1c[nH]c(=O)c(Cl)c1)N1CCOC(Cc2ccccc2)C1. The van der Waals surface area contributed by atoms with Gasteiger partial charge in [0.2, 0.25) is 0 Å². The van der Waals surface area contributed by atoms with Gasteiger partial charge in [0.05, 0.1) is 18.3 Å². The number of amides is 1. The number of morpholine rings is 1. The molecule has 1 aromatic heterocycles. The number of rotatable bonds is 3. The Labute approximate surface area is 138 Å². The van der Waals surface area contributed by atoms with Gasteiger partial charge < -0.3 is 14.6 Å². The third-order valence-corrected chi connectivity index (χ3v) is 4.12. The van der Waals surface area contributed by atoms with E-state index in [-0.39, 0.29) is 17.0 Å². The summed E-state index contributed by atoms with van der Waals surface area (Å²) in [5.41, 5.74) is 1.17. The molecule has 6 heteroatoms. The lowest BCUT2D eigenvalue weighted by Crippen LogP contribution is -2.46. The minimum absolute atomic E-state index is 0.0185. The number of benzene rings is 1. The summed E-state index contributed by atoms with van der Waals surface area (Å²) in [6, 6.07) is 11.5. The summed E-state index contributed by atoms with van der Waals surface area (Å²) in [5, 5.41) is 0.0185. The van der Waals surface area contributed by atoms with Crippen LogP contribution >= 0.6 is 11.6 Å². The Morgan fingerprint density at radius 2 is 2.13 bits per heavy atom. The quantitative estimate of drug-likeness (QED) is 0.936. The summed E-state index contributed by atoms with van der Waals surface area (Å²) in [7, 11) is 0. The van der Waals surface area contributed by atoms with Crippen molar-refractivity contribution in [2.24, 2.45) is 0 Å². The number of nitrogens with one attached hydrogen (secondary N) is 1. The fourth-order valence-electron chi connectivity index (χ4n) is 2.67. The zero-order valence-corrected chi connectivity index (χ0v) is 13.3. The van der Waals surface area contributed by atoms with Crippen molar-refractivity contribution in [3.63, 3.8) is 0 Å². The average molecular weight is 333 g/mol. The number of hydrogen-bond donors (Lipinski definition) is 1. The lowest BCUT2D eigenvalue weighted by Gasteiger charge is -2.33. The molecule has 1 aliphatic rings. The molecule has 120 valence electrons. The van der Waals surface area contributed by atoms with E-state index in [0.29, 0.717) is 25.3 Å². The van der Waals surface area contributed by atoms with Gasteiger partial charge in [-0.1, -0.05) is 41.9 Å². The number of carbonyl (C=O) groups is 1. The molecule has 2 heterocycles. The molecule has 0 aliphatic carbocycles. The van der Waals surface area contributed by atoms with Gasteiger partial charge in [-0.05, 0) is 11.6 Å². The van der Waals surface area contributed by atoms with Crippen molar-refractivity contribution in [2.45, 2.75) is 12.5 Å². The first-order valence-corrected chi connectivity index (χ1v) is 7.84. The second kappa shape index (κ2) is 6.98. The topological polar surface area (TPSA) is 62.4 Å². The molecule has 23 heavy (non-hydrogen) atoms. The van der Waals surface area contributed by atoms with Gasteiger partial charge in [0.15, 0.2) is 0 Å². The van der Waals surface area contributed by atoms with E-state index < -0.39 is 5.56 Å². The number of ether oxygens (including phenoxy) is 1. The highest BCUT2D eigenvalue weighted by molar-refractivity contribution is 6.30. The lowest BCUT2D eigenvalue weighted by molar-refractivity contribution is -0.0208. The van der Waals surface area contributed by atoms with Gasteiger partial charge >= 0.3 is 0 Å². The molecule has 2 aromatic rings. The largest absolute Gasteiger partial charge is 0.374 e. The summed E-state index contributed by atoms with van der Waals surface area (Å²) in [5.74, 6) is -0.149.